The van der Waals surface area contributed by atoms with Crippen molar-refractivity contribution in [3.8, 4) is 6.07 Å². The average molecular weight is 230 g/mol. The molecule has 0 aliphatic carbocycles. The van der Waals surface area contributed by atoms with Gasteiger partial charge in [-0.1, -0.05) is 0 Å². The molecule has 90 valence electrons. The molecule has 0 spiro atoms. The van der Waals surface area contributed by atoms with Crippen LogP contribution in [0, 0.1) is 11.3 Å². The molecule has 0 amide bonds. The number of rotatable bonds is 4. The lowest BCUT2D eigenvalue weighted by Crippen LogP contribution is -2.37. The highest BCUT2D eigenvalue weighted by atomic mass is 16.1. The molecular weight excluding hydrogens is 212 g/mol. The Balaban J connectivity index is 3.29. The summed E-state index contributed by atoms with van der Waals surface area (Å²) in [7, 11) is 0. The second-order valence-electron chi connectivity index (χ2n) is 4.60. The number of carbonyl (C=O) groups is 1. The summed E-state index contributed by atoms with van der Waals surface area (Å²) in [6.07, 6.45) is 0.764. The zero-order valence-electron chi connectivity index (χ0n) is 10.8. The van der Waals surface area contributed by atoms with E-state index in [1.807, 2.05) is 6.07 Å². The minimum Gasteiger partial charge on any atom is -0.366 e. The molecule has 0 aromatic heterocycles. The van der Waals surface area contributed by atoms with E-state index in [0.29, 0.717) is 23.2 Å². The Hall–Kier alpha value is -1.82. The highest BCUT2D eigenvalue weighted by Gasteiger charge is 2.17. The third kappa shape index (κ3) is 2.85. The second kappa shape index (κ2) is 5.49. The number of aldehydes is 1. The molecule has 1 rings (SSSR count). The van der Waals surface area contributed by atoms with Gasteiger partial charge in [0.25, 0.3) is 0 Å². The van der Waals surface area contributed by atoms with Gasteiger partial charge in [-0.2, -0.15) is 5.26 Å². The van der Waals surface area contributed by atoms with Crippen molar-refractivity contribution in [2.45, 2.75) is 39.8 Å². The van der Waals surface area contributed by atoms with Gasteiger partial charge in [-0.15, -0.1) is 0 Å². The number of nitriles is 1. The van der Waals surface area contributed by atoms with Crippen molar-refractivity contribution < 1.29 is 4.79 Å². The molecule has 3 heteroatoms. The smallest absolute Gasteiger partial charge is 0.150 e. The summed E-state index contributed by atoms with van der Waals surface area (Å²) in [6, 6.07) is 8.02. The van der Waals surface area contributed by atoms with Crippen LogP contribution in [0.3, 0.4) is 0 Å². The molecule has 0 N–H and O–H groups in total. The fourth-order valence-electron chi connectivity index (χ4n) is 2.09. The molecule has 0 bridgehead atoms. The normalized spacial score (nSPS) is 10.4. The van der Waals surface area contributed by atoms with Gasteiger partial charge in [-0.3, -0.25) is 4.79 Å². The second-order valence-corrected chi connectivity index (χ2v) is 4.60. The van der Waals surface area contributed by atoms with Crippen molar-refractivity contribution in [1.29, 1.82) is 5.26 Å². The van der Waals surface area contributed by atoms with Crippen LogP contribution in [0.25, 0.3) is 0 Å². The first-order chi connectivity index (χ1) is 8.01. The van der Waals surface area contributed by atoms with E-state index in [-0.39, 0.29) is 0 Å². The summed E-state index contributed by atoms with van der Waals surface area (Å²) in [6.45, 7) is 8.37. The van der Waals surface area contributed by atoms with Gasteiger partial charge in [-0.25, -0.2) is 0 Å². The fourth-order valence-corrected chi connectivity index (χ4v) is 2.09. The van der Waals surface area contributed by atoms with Crippen molar-refractivity contribution in [2.24, 2.45) is 0 Å². The number of benzene rings is 1. The van der Waals surface area contributed by atoms with Crippen LogP contribution in [0.15, 0.2) is 18.2 Å². The van der Waals surface area contributed by atoms with E-state index >= 15 is 0 Å². The molecule has 0 aliphatic rings. The Bertz CT molecular complexity index is 436. The molecule has 0 unspecified atom stereocenters. The average Bonchev–Trinajstić information content (AvgIpc) is 2.28. The highest BCUT2D eigenvalue weighted by molar-refractivity contribution is 5.78. The van der Waals surface area contributed by atoms with Crippen LogP contribution in [0.5, 0.6) is 0 Å². The van der Waals surface area contributed by atoms with Crippen LogP contribution in [0.1, 0.15) is 43.6 Å². The van der Waals surface area contributed by atoms with Crippen molar-refractivity contribution in [3.05, 3.63) is 29.3 Å². The maximum atomic E-state index is 10.7. The number of anilines is 1. The third-order valence-electron chi connectivity index (χ3n) is 2.67. The van der Waals surface area contributed by atoms with Crippen molar-refractivity contribution in [1.82, 2.24) is 0 Å². The molecule has 0 heterocycles. The number of hydrogen-bond donors (Lipinski definition) is 0. The lowest BCUT2D eigenvalue weighted by molar-refractivity contribution is 0.112. The topological polar surface area (TPSA) is 44.1 Å². The van der Waals surface area contributed by atoms with Crippen LogP contribution in [-0.4, -0.2) is 18.4 Å². The minimum absolute atomic E-state index is 0.309. The lowest BCUT2D eigenvalue weighted by atomic mass is 10.1. The predicted octanol–water partition coefficient (Wildman–Crippen LogP) is 2.99. The molecule has 0 aliphatic heterocycles. The first kappa shape index (κ1) is 13.2. The summed E-state index contributed by atoms with van der Waals surface area (Å²) in [4.78, 5) is 12.9. The summed E-state index contributed by atoms with van der Waals surface area (Å²) >= 11 is 0. The van der Waals surface area contributed by atoms with E-state index in [4.69, 9.17) is 5.26 Å². The van der Waals surface area contributed by atoms with Crippen LogP contribution < -0.4 is 4.90 Å². The lowest BCUT2D eigenvalue weighted by Gasteiger charge is -2.33. The standard InChI is InChI=1S/C14H18N2O/c1-10(2)16(11(3)4)14-6-5-12(9-17)7-13(14)8-15/h5-7,9-11H,1-4H3. The quantitative estimate of drug-likeness (QED) is 0.747. The minimum atomic E-state index is 0.309. The monoisotopic (exact) mass is 230 g/mol. The van der Waals surface area contributed by atoms with E-state index in [1.54, 1.807) is 12.1 Å². The van der Waals surface area contributed by atoms with Gasteiger partial charge < -0.3 is 4.90 Å². The van der Waals surface area contributed by atoms with E-state index in [2.05, 4.69) is 38.7 Å². The summed E-state index contributed by atoms with van der Waals surface area (Å²) in [5.41, 5.74) is 1.98. The Morgan fingerprint density at radius 3 is 2.24 bits per heavy atom. The number of carbonyl (C=O) groups excluding carboxylic acids is 1. The van der Waals surface area contributed by atoms with Crippen LogP contribution in [0.2, 0.25) is 0 Å². The van der Waals surface area contributed by atoms with Gasteiger partial charge in [0.05, 0.1) is 11.3 Å². The van der Waals surface area contributed by atoms with E-state index in [0.717, 1.165) is 12.0 Å². The van der Waals surface area contributed by atoms with Crippen molar-refractivity contribution >= 4 is 12.0 Å². The fraction of sp³-hybridized carbons (Fsp3) is 0.429. The zero-order chi connectivity index (χ0) is 13.0. The molecule has 0 saturated heterocycles. The number of hydrogen-bond acceptors (Lipinski definition) is 3. The molecule has 1 aromatic carbocycles. The molecule has 1 aromatic rings. The first-order valence-corrected chi connectivity index (χ1v) is 5.79. The Morgan fingerprint density at radius 2 is 1.82 bits per heavy atom. The SMILES string of the molecule is CC(C)N(c1ccc(C=O)cc1C#N)C(C)C. The van der Waals surface area contributed by atoms with Gasteiger partial charge in [0, 0.05) is 17.6 Å². The van der Waals surface area contributed by atoms with Crippen molar-refractivity contribution in [3.63, 3.8) is 0 Å². The maximum absolute atomic E-state index is 10.7. The van der Waals surface area contributed by atoms with Gasteiger partial charge in [0.1, 0.15) is 12.4 Å². The van der Waals surface area contributed by atoms with E-state index in [9.17, 15) is 4.79 Å². The molecule has 0 atom stereocenters. The largest absolute Gasteiger partial charge is 0.366 e. The Kier molecular flexibility index (Phi) is 4.28. The summed E-state index contributed by atoms with van der Waals surface area (Å²) < 4.78 is 0. The molecule has 17 heavy (non-hydrogen) atoms. The molecule has 3 nitrogen and oxygen atoms in total. The Labute approximate surface area is 103 Å². The third-order valence-corrected chi connectivity index (χ3v) is 2.67. The molecule has 0 saturated carbocycles. The van der Waals surface area contributed by atoms with Crippen LogP contribution in [0.4, 0.5) is 5.69 Å². The van der Waals surface area contributed by atoms with Gasteiger partial charge in [0.15, 0.2) is 0 Å². The van der Waals surface area contributed by atoms with Gasteiger partial charge >= 0.3 is 0 Å². The van der Waals surface area contributed by atoms with E-state index in [1.165, 1.54) is 0 Å². The van der Waals surface area contributed by atoms with Crippen LogP contribution >= 0.6 is 0 Å². The predicted molar refractivity (Wildman–Crippen MR) is 69.3 cm³/mol. The molecular formula is C14H18N2O. The maximum Gasteiger partial charge on any atom is 0.150 e. The molecule has 0 radical (unpaired) electrons. The first-order valence-electron chi connectivity index (χ1n) is 5.79. The number of nitrogens with zero attached hydrogens (tertiary/aromatic N) is 2. The van der Waals surface area contributed by atoms with Gasteiger partial charge in [0.2, 0.25) is 0 Å². The molecule has 0 fully saturated rings. The van der Waals surface area contributed by atoms with Crippen LogP contribution in [-0.2, 0) is 0 Å². The Morgan fingerprint density at radius 1 is 1.24 bits per heavy atom. The van der Waals surface area contributed by atoms with E-state index < -0.39 is 0 Å². The highest BCUT2D eigenvalue weighted by Crippen LogP contribution is 2.25. The van der Waals surface area contributed by atoms with Crippen molar-refractivity contribution in [2.75, 3.05) is 4.90 Å². The summed E-state index contributed by atoms with van der Waals surface area (Å²) in [5, 5.41) is 9.16. The van der Waals surface area contributed by atoms with Gasteiger partial charge in [-0.05, 0) is 45.9 Å². The summed E-state index contributed by atoms with van der Waals surface area (Å²) in [5.74, 6) is 0. The zero-order valence-corrected chi connectivity index (χ0v) is 10.8.